The van der Waals surface area contributed by atoms with Gasteiger partial charge in [0.05, 0.1) is 83.8 Å². The minimum Gasteiger partial charge on any atom is -0.375 e. The van der Waals surface area contributed by atoms with Crippen molar-refractivity contribution < 1.29 is 44.6 Å². The SMILES string of the molecule is CN1CCOCc2cccc(c2)C2c3[nH]c(c(F)c3F)Cc3[nH]c(c(F)c3F)C(c3cccc(c3)COCC1)c1[nH]c(c(F)c1F)Cc1[nH]c2c(F)c1F. The van der Waals surface area contributed by atoms with Crippen LogP contribution in [0.5, 0.6) is 0 Å². The third-order valence-corrected chi connectivity index (χ3v) is 10.1. The number of aromatic amines is 4. The average molecular weight is 756 g/mol. The number of hydrogen-bond acceptors (Lipinski definition) is 3. The monoisotopic (exact) mass is 755 g/mol. The Balaban J connectivity index is 1.39. The smallest absolute Gasteiger partial charge is 0.180 e. The summed E-state index contributed by atoms with van der Waals surface area (Å²) in [5.74, 6) is -14.8. The summed E-state index contributed by atoms with van der Waals surface area (Å²) in [4.78, 5) is 12.4. The summed E-state index contributed by atoms with van der Waals surface area (Å²) < 4.78 is 139. The number of fused-ring (bicyclic) bond motifs is 8. The lowest BCUT2D eigenvalue weighted by atomic mass is 9.91. The van der Waals surface area contributed by atoms with Crippen molar-refractivity contribution in [3.8, 4) is 0 Å². The number of hydrogen-bond donors (Lipinski definition) is 4. The molecule has 0 fully saturated rings. The minimum absolute atomic E-state index is 0.0852. The highest BCUT2D eigenvalue weighted by molar-refractivity contribution is 5.46. The van der Waals surface area contributed by atoms with Crippen LogP contribution in [-0.4, -0.2) is 58.2 Å². The summed E-state index contributed by atoms with van der Waals surface area (Å²) >= 11 is 0. The van der Waals surface area contributed by atoms with E-state index >= 15 is 35.1 Å². The Morgan fingerprint density at radius 2 is 0.833 bits per heavy atom. The molecule has 14 bridgehead atoms. The normalized spacial score (nSPS) is 18.4. The van der Waals surface area contributed by atoms with E-state index in [1.54, 1.807) is 36.4 Å². The Labute approximate surface area is 303 Å². The van der Waals surface area contributed by atoms with Crippen molar-refractivity contribution in [2.45, 2.75) is 37.9 Å². The molecule has 0 saturated heterocycles. The molecule has 3 aliphatic heterocycles. The Morgan fingerprint density at radius 3 is 1.17 bits per heavy atom. The Hall–Kier alpha value is -5.12. The van der Waals surface area contributed by atoms with E-state index in [0.717, 1.165) is 0 Å². The number of halogens is 8. The Bertz CT molecular complexity index is 2090. The van der Waals surface area contributed by atoms with E-state index in [4.69, 9.17) is 9.47 Å². The minimum atomic E-state index is -1.56. The van der Waals surface area contributed by atoms with Crippen LogP contribution in [0.15, 0.2) is 48.5 Å². The summed E-state index contributed by atoms with van der Waals surface area (Å²) in [7, 11) is 1.88. The lowest BCUT2D eigenvalue weighted by Crippen LogP contribution is -2.27. The van der Waals surface area contributed by atoms with Crippen LogP contribution in [0, 0.1) is 46.5 Å². The highest BCUT2D eigenvalue weighted by atomic mass is 19.2. The number of nitrogens with zero attached hydrogens (tertiary/aromatic N) is 1. The van der Waals surface area contributed by atoms with E-state index in [1.165, 1.54) is 12.1 Å². The fraction of sp³-hybridized carbons (Fsp3) is 0.282. The molecule has 6 aromatic rings. The van der Waals surface area contributed by atoms with Crippen LogP contribution < -0.4 is 0 Å². The number of aromatic nitrogens is 4. The van der Waals surface area contributed by atoms with E-state index < -0.39 is 117 Å². The summed E-state index contributed by atoms with van der Waals surface area (Å²) in [6, 6.07) is 12.7. The molecule has 54 heavy (non-hydrogen) atoms. The van der Waals surface area contributed by atoms with Crippen LogP contribution in [0.1, 0.15) is 79.6 Å². The molecule has 0 radical (unpaired) electrons. The zero-order chi connectivity index (χ0) is 37.8. The third kappa shape index (κ3) is 6.33. The number of benzene rings is 2. The maximum absolute atomic E-state index is 16.1. The van der Waals surface area contributed by atoms with E-state index in [-0.39, 0.29) is 24.3 Å². The molecule has 2 aromatic carbocycles. The lowest BCUT2D eigenvalue weighted by molar-refractivity contribution is 0.0730. The highest BCUT2D eigenvalue weighted by Gasteiger charge is 2.37. The molecule has 7 nitrogen and oxygen atoms in total. The maximum Gasteiger partial charge on any atom is 0.180 e. The first kappa shape index (κ1) is 35.9. The van der Waals surface area contributed by atoms with Crippen LogP contribution in [0.25, 0.3) is 0 Å². The van der Waals surface area contributed by atoms with Gasteiger partial charge in [-0.05, 0) is 29.3 Å². The second kappa shape index (κ2) is 14.3. The van der Waals surface area contributed by atoms with Crippen molar-refractivity contribution in [2.75, 3.05) is 33.4 Å². The molecular weight excluding hydrogens is 722 g/mol. The van der Waals surface area contributed by atoms with Crippen molar-refractivity contribution in [2.24, 2.45) is 0 Å². The first-order valence-corrected chi connectivity index (χ1v) is 17.2. The summed E-state index contributed by atoms with van der Waals surface area (Å²) in [6.07, 6.45) is -1.53. The topological polar surface area (TPSA) is 84.9 Å². The average Bonchev–Trinajstić information content (AvgIpc) is 3.80. The number of nitrogens with one attached hydrogen (secondary N) is 4. The zero-order valence-corrected chi connectivity index (χ0v) is 28.7. The quantitative estimate of drug-likeness (QED) is 0.0938. The standard InChI is InChI=1S/C39H33F8N5O2/c1-52-8-10-53-16-18-4-2-6-20(12-18)26-36-32(44)28(40)22(48-36)14-24-30(42)34(46)38(50-24)27(21-7-3-5-19(13-21)17-54-11-9-52)39-35(47)31(43)25(51-39)15-23-29(41)33(45)37(26)49-23/h2-7,12-13,26-27,48-51H,8-11,14-17H2,1H3. The molecule has 7 heterocycles. The second-order valence-electron chi connectivity index (χ2n) is 13.7. The van der Waals surface area contributed by atoms with Crippen LogP contribution in [-0.2, 0) is 35.5 Å². The second-order valence-corrected chi connectivity index (χ2v) is 13.7. The Morgan fingerprint density at radius 1 is 0.500 bits per heavy atom. The molecule has 0 aliphatic carbocycles. The van der Waals surface area contributed by atoms with E-state index in [0.29, 0.717) is 37.4 Å². The van der Waals surface area contributed by atoms with Crippen LogP contribution in [0.2, 0.25) is 0 Å². The van der Waals surface area contributed by atoms with E-state index in [1.807, 2.05) is 11.9 Å². The van der Waals surface area contributed by atoms with Gasteiger partial charge in [-0.25, -0.2) is 35.1 Å². The molecule has 4 aromatic heterocycles. The van der Waals surface area contributed by atoms with Gasteiger partial charge >= 0.3 is 0 Å². The molecule has 9 rings (SSSR count). The van der Waals surface area contributed by atoms with E-state index in [9.17, 15) is 0 Å². The van der Waals surface area contributed by atoms with Gasteiger partial charge in [0.25, 0.3) is 0 Å². The first-order valence-electron chi connectivity index (χ1n) is 17.2. The van der Waals surface area contributed by atoms with E-state index in [2.05, 4.69) is 19.9 Å². The van der Waals surface area contributed by atoms with Crippen molar-refractivity contribution >= 4 is 0 Å². The van der Waals surface area contributed by atoms with Gasteiger partial charge in [-0.1, -0.05) is 48.5 Å². The zero-order valence-electron chi connectivity index (χ0n) is 28.7. The lowest BCUT2D eigenvalue weighted by Gasteiger charge is -2.19. The van der Waals surface area contributed by atoms with Crippen molar-refractivity contribution in [3.63, 3.8) is 0 Å². The number of H-pyrrole nitrogens is 4. The molecule has 0 amide bonds. The molecular formula is C39H33F8N5O2. The van der Waals surface area contributed by atoms with Crippen LogP contribution in [0.4, 0.5) is 35.1 Å². The molecule has 4 N–H and O–H groups in total. The molecule has 3 aliphatic rings. The molecule has 15 heteroatoms. The van der Waals surface area contributed by atoms with Crippen molar-refractivity contribution in [1.29, 1.82) is 0 Å². The predicted molar refractivity (Wildman–Crippen MR) is 180 cm³/mol. The number of rotatable bonds is 0. The van der Waals surface area contributed by atoms with Gasteiger partial charge < -0.3 is 34.3 Å². The number of ether oxygens (including phenoxy) is 2. The van der Waals surface area contributed by atoms with Crippen LogP contribution in [0.3, 0.4) is 0 Å². The first-order chi connectivity index (χ1) is 26.0. The molecule has 0 spiro atoms. The van der Waals surface area contributed by atoms with Gasteiger partial charge in [0, 0.05) is 25.9 Å². The molecule has 0 unspecified atom stereocenters. The fourth-order valence-corrected chi connectivity index (χ4v) is 7.34. The summed E-state index contributed by atoms with van der Waals surface area (Å²) in [6.45, 7) is 1.90. The van der Waals surface area contributed by atoms with Gasteiger partial charge in [-0.3, -0.25) is 0 Å². The van der Waals surface area contributed by atoms with Gasteiger partial charge in [-0.15, -0.1) is 0 Å². The van der Waals surface area contributed by atoms with Crippen LogP contribution >= 0.6 is 0 Å². The molecule has 0 saturated carbocycles. The summed E-state index contributed by atoms with van der Waals surface area (Å²) in [5, 5.41) is 0. The van der Waals surface area contributed by atoms with Crippen molar-refractivity contribution in [1.82, 2.24) is 24.8 Å². The third-order valence-electron chi connectivity index (χ3n) is 10.1. The van der Waals surface area contributed by atoms with Gasteiger partial charge in [0.15, 0.2) is 46.5 Å². The summed E-state index contributed by atoms with van der Waals surface area (Å²) in [5.41, 5.74) is -2.79. The predicted octanol–water partition coefficient (Wildman–Crippen LogP) is 7.95. The maximum atomic E-state index is 16.1. The number of likely N-dealkylation sites (N-methyl/N-ethyl adjacent to an activating group) is 1. The highest BCUT2D eigenvalue weighted by Crippen LogP contribution is 2.41. The molecule has 0 atom stereocenters. The molecule has 282 valence electrons. The largest absolute Gasteiger partial charge is 0.375 e. The van der Waals surface area contributed by atoms with Gasteiger partial charge in [0.1, 0.15) is 0 Å². The van der Waals surface area contributed by atoms with Crippen molar-refractivity contribution in [3.05, 3.63) is 163 Å². The van der Waals surface area contributed by atoms with Gasteiger partial charge in [0.2, 0.25) is 0 Å². The Kier molecular flexibility index (Phi) is 9.48. The fourth-order valence-electron chi connectivity index (χ4n) is 7.34. The van der Waals surface area contributed by atoms with Gasteiger partial charge in [-0.2, -0.15) is 0 Å².